The molecule has 26 heavy (non-hydrogen) atoms. The summed E-state index contributed by atoms with van der Waals surface area (Å²) >= 11 is 0. The van der Waals surface area contributed by atoms with Crippen LogP contribution in [0.3, 0.4) is 0 Å². The van der Waals surface area contributed by atoms with Gasteiger partial charge in [0.1, 0.15) is 0 Å². The second kappa shape index (κ2) is 7.77. The van der Waals surface area contributed by atoms with Crippen molar-refractivity contribution in [1.82, 2.24) is 5.32 Å². The minimum atomic E-state index is -1.01. The lowest BCUT2D eigenvalue weighted by Gasteiger charge is -2.12. The van der Waals surface area contributed by atoms with E-state index in [0.717, 1.165) is 5.56 Å². The summed E-state index contributed by atoms with van der Waals surface area (Å²) in [6.45, 7) is 5.26. The third kappa shape index (κ3) is 4.05. The van der Waals surface area contributed by atoms with Crippen molar-refractivity contribution in [2.75, 3.05) is 6.54 Å². The first-order valence-corrected chi connectivity index (χ1v) is 8.08. The van der Waals surface area contributed by atoms with Gasteiger partial charge in [-0.3, -0.25) is 14.9 Å². The van der Waals surface area contributed by atoms with Gasteiger partial charge < -0.3 is 10.4 Å². The molecule has 2 aromatic carbocycles. The minimum Gasteiger partial charge on any atom is -0.478 e. The molecule has 2 rings (SSSR count). The number of nitro benzene ring substituents is 1. The molecule has 1 amide bonds. The summed E-state index contributed by atoms with van der Waals surface area (Å²) in [5.74, 6) is -1.38. The van der Waals surface area contributed by atoms with Crippen molar-refractivity contribution < 1.29 is 19.6 Å². The van der Waals surface area contributed by atoms with E-state index in [1.165, 1.54) is 6.07 Å². The predicted octanol–water partition coefficient (Wildman–Crippen LogP) is 3.19. The fourth-order valence-electron chi connectivity index (χ4n) is 3.07. The maximum Gasteiger partial charge on any atom is 0.335 e. The number of nitrogens with one attached hydrogen (secondary N) is 1. The van der Waals surface area contributed by atoms with Gasteiger partial charge in [-0.05, 0) is 56.5 Å². The van der Waals surface area contributed by atoms with Crippen LogP contribution < -0.4 is 5.32 Å². The Morgan fingerprint density at radius 1 is 1.15 bits per heavy atom. The molecule has 0 saturated carbocycles. The monoisotopic (exact) mass is 356 g/mol. The van der Waals surface area contributed by atoms with Gasteiger partial charge in [-0.25, -0.2) is 4.79 Å². The summed E-state index contributed by atoms with van der Waals surface area (Å²) in [7, 11) is 0. The van der Waals surface area contributed by atoms with E-state index in [1.807, 2.05) is 0 Å². The topological polar surface area (TPSA) is 110 Å². The molecule has 0 atom stereocenters. The summed E-state index contributed by atoms with van der Waals surface area (Å²) in [6, 6.07) is 8.13. The Hall–Kier alpha value is -3.22. The van der Waals surface area contributed by atoms with Gasteiger partial charge in [0, 0.05) is 17.7 Å². The summed E-state index contributed by atoms with van der Waals surface area (Å²) in [5, 5.41) is 23.0. The van der Waals surface area contributed by atoms with Crippen LogP contribution in [0.5, 0.6) is 0 Å². The number of hydrogen-bond donors (Lipinski definition) is 2. The Kier molecular flexibility index (Phi) is 5.71. The highest BCUT2D eigenvalue weighted by Crippen LogP contribution is 2.28. The first-order chi connectivity index (χ1) is 12.2. The lowest BCUT2D eigenvalue weighted by molar-refractivity contribution is -0.386. The van der Waals surface area contributed by atoms with Crippen molar-refractivity contribution in [1.29, 1.82) is 0 Å². The first kappa shape index (κ1) is 19.1. The number of carboxylic acids is 1. The summed E-state index contributed by atoms with van der Waals surface area (Å²) < 4.78 is 0. The molecule has 0 spiro atoms. The molecule has 0 aromatic heterocycles. The van der Waals surface area contributed by atoms with Crippen LogP contribution in [0.25, 0.3) is 0 Å². The molecule has 0 radical (unpaired) electrons. The second-order valence-electron chi connectivity index (χ2n) is 6.13. The lowest BCUT2D eigenvalue weighted by Crippen LogP contribution is -2.27. The summed E-state index contributed by atoms with van der Waals surface area (Å²) in [5.41, 5.74) is 2.78. The van der Waals surface area contributed by atoms with E-state index in [0.29, 0.717) is 35.2 Å². The van der Waals surface area contributed by atoms with Crippen molar-refractivity contribution >= 4 is 17.6 Å². The van der Waals surface area contributed by atoms with Crippen LogP contribution in [0.1, 0.15) is 43.0 Å². The van der Waals surface area contributed by atoms with Crippen molar-refractivity contribution in [2.45, 2.75) is 27.2 Å². The average Bonchev–Trinajstić information content (AvgIpc) is 2.54. The third-order valence-electron chi connectivity index (χ3n) is 4.21. The van der Waals surface area contributed by atoms with E-state index in [-0.39, 0.29) is 17.2 Å². The van der Waals surface area contributed by atoms with Crippen LogP contribution in [0.15, 0.2) is 30.3 Å². The zero-order valence-corrected chi connectivity index (χ0v) is 14.8. The number of carboxylic acid groups (broad SMARTS) is 1. The van der Waals surface area contributed by atoms with Crippen LogP contribution >= 0.6 is 0 Å². The molecule has 0 heterocycles. The first-order valence-electron chi connectivity index (χ1n) is 8.08. The van der Waals surface area contributed by atoms with E-state index < -0.39 is 10.9 Å². The third-order valence-corrected chi connectivity index (χ3v) is 4.21. The number of aryl methyl sites for hydroxylation is 2. The molecule has 7 heteroatoms. The largest absolute Gasteiger partial charge is 0.478 e. The molecule has 0 bridgehead atoms. The van der Waals surface area contributed by atoms with Crippen molar-refractivity contribution in [3.63, 3.8) is 0 Å². The Morgan fingerprint density at radius 3 is 2.46 bits per heavy atom. The Balaban J connectivity index is 2.14. The van der Waals surface area contributed by atoms with Crippen LogP contribution in [0.4, 0.5) is 5.69 Å². The Bertz CT molecular complexity index is 890. The van der Waals surface area contributed by atoms with Crippen molar-refractivity contribution in [3.05, 3.63) is 73.8 Å². The number of hydrogen-bond acceptors (Lipinski definition) is 4. The van der Waals surface area contributed by atoms with Crippen LogP contribution in [0.2, 0.25) is 0 Å². The quantitative estimate of drug-likeness (QED) is 0.610. The van der Waals surface area contributed by atoms with Gasteiger partial charge in [0.15, 0.2) is 0 Å². The average molecular weight is 356 g/mol. The fraction of sp³-hybridized carbons (Fsp3) is 0.263. The van der Waals surface area contributed by atoms with Crippen LogP contribution in [0, 0.1) is 30.9 Å². The predicted molar refractivity (Wildman–Crippen MR) is 96.7 cm³/mol. The molecule has 0 aliphatic carbocycles. The maximum atomic E-state index is 12.5. The molecule has 0 fully saturated rings. The second-order valence-corrected chi connectivity index (χ2v) is 6.13. The van der Waals surface area contributed by atoms with Gasteiger partial charge in [0.05, 0.1) is 16.1 Å². The number of carbonyl (C=O) groups is 2. The van der Waals surface area contributed by atoms with E-state index in [9.17, 15) is 19.7 Å². The maximum absolute atomic E-state index is 12.5. The number of nitro groups is 1. The van der Waals surface area contributed by atoms with Gasteiger partial charge >= 0.3 is 5.97 Å². The number of rotatable bonds is 6. The minimum absolute atomic E-state index is 0.0464. The zero-order chi connectivity index (χ0) is 19.4. The number of carbonyl (C=O) groups excluding carboxylic acids is 1. The Labute approximate surface area is 150 Å². The Morgan fingerprint density at radius 2 is 1.85 bits per heavy atom. The number of benzene rings is 2. The number of amides is 1. The standard InChI is InChI=1S/C19H20N2O5/c1-11-9-12(2)17(21(25)26)13(3)16(11)18(22)20-8-7-14-5-4-6-15(10-14)19(23)24/h4-6,9-10H,7-8H2,1-3H3,(H,20,22)(H,23,24). The molecule has 0 saturated heterocycles. The van der Waals surface area contributed by atoms with Crippen molar-refractivity contribution in [2.24, 2.45) is 0 Å². The van der Waals surface area contributed by atoms with E-state index in [4.69, 9.17) is 5.11 Å². The van der Waals surface area contributed by atoms with Gasteiger partial charge in [-0.2, -0.15) is 0 Å². The van der Waals surface area contributed by atoms with E-state index in [2.05, 4.69) is 5.32 Å². The van der Waals surface area contributed by atoms with E-state index in [1.54, 1.807) is 45.0 Å². The molecular weight excluding hydrogens is 336 g/mol. The molecule has 136 valence electrons. The number of aromatic carboxylic acids is 1. The summed E-state index contributed by atoms with van der Waals surface area (Å²) in [4.78, 5) is 34.3. The SMILES string of the molecule is Cc1cc(C)c([N+](=O)[O-])c(C)c1C(=O)NCCc1cccc(C(=O)O)c1. The van der Waals surface area contributed by atoms with Crippen molar-refractivity contribution in [3.8, 4) is 0 Å². The van der Waals surface area contributed by atoms with E-state index >= 15 is 0 Å². The fourth-order valence-corrected chi connectivity index (χ4v) is 3.07. The molecule has 2 N–H and O–H groups in total. The van der Waals surface area contributed by atoms with Crippen LogP contribution in [-0.4, -0.2) is 28.5 Å². The molecule has 2 aromatic rings. The highest BCUT2D eigenvalue weighted by atomic mass is 16.6. The molecule has 7 nitrogen and oxygen atoms in total. The normalized spacial score (nSPS) is 10.4. The summed E-state index contributed by atoms with van der Waals surface area (Å²) in [6.07, 6.45) is 0.457. The lowest BCUT2D eigenvalue weighted by atomic mass is 9.96. The molecular formula is C19H20N2O5. The van der Waals surface area contributed by atoms with Gasteiger partial charge in [-0.1, -0.05) is 12.1 Å². The van der Waals surface area contributed by atoms with Gasteiger partial charge in [0.25, 0.3) is 11.6 Å². The van der Waals surface area contributed by atoms with Gasteiger partial charge in [0.2, 0.25) is 0 Å². The number of nitrogens with zero attached hydrogens (tertiary/aromatic N) is 1. The highest BCUT2D eigenvalue weighted by Gasteiger charge is 2.23. The zero-order valence-electron chi connectivity index (χ0n) is 14.8. The molecule has 0 unspecified atom stereocenters. The highest BCUT2D eigenvalue weighted by molar-refractivity contribution is 5.98. The van der Waals surface area contributed by atoms with Gasteiger partial charge in [-0.15, -0.1) is 0 Å². The molecule has 0 aliphatic rings. The molecule has 0 aliphatic heterocycles. The smallest absolute Gasteiger partial charge is 0.335 e. The van der Waals surface area contributed by atoms with Crippen LogP contribution in [-0.2, 0) is 6.42 Å².